The lowest BCUT2D eigenvalue weighted by Crippen LogP contribution is -2.34. The van der Waals surface area contributed by atoms with Gasteiger partial charge in [0.25, 0.3) is 5.91 Å². The van der Waals surface area contributed by atoms with Gasteiger partial charge in [-0.05, 0) is 40.2 Å². The Morgan fingerprint density at radius 1 is 1.19 bits per heavy atom. The lowest BCUT2D eigenvalue weighted by atomic mass is 10.1. The van der Waals surface area contributed by atoms with Crippen molar-refractivity contribution < 1.29 is 23.5 Å². The van der Waals surface area contributed by atoms with E-state index in [0.29, 0.717) is 8.66 Å². The standard InChI is InChI=1S/C13H8BrF2NO3S/c14-9-5-4-8(21-9)11(13(19)20)17-12(18)10-6(15)2-1-3-7(10)16/h1-5,11H,(H,17,18)(H,19,20). The van der Waals surface area contributed by atoms with Crippen molar-refractivity contribution in [1.29, 1.82) is 0 Å². The van der Waals surface area contributed by atoms with E-state index in [2.05, 4.69) is 21.2 Å². The van der Waals surface area contributed by atoms with E-state index in [1.807, 2.05) is 0 Å². The summed E-state index contributed by atoms with van der Waals surface area (Å²) in [5.41, 5.74) is -0.806. The van der Waals surface area contributed by atoms with Crippen LogP contribution in [0.25, 0.3) is 0 Å². The SMILES string of the molecule is O=C(NC(C(=O)O)c1ccc(Br)s1)c1c(F)cccc1F. The van der Waals surface area contributed by atoms with Crippen molar-refractivity contribution in [3.05, 3.63) is 56.2 Å². The Balaban J connectivity index is 2.29. The van der Waals surface area contributed by atoms with Crippen LogP contribution < -0.4 is 5.32 Å². The van der Waals surface area contributed by atoms with Crippen LogP contribution in [0.1, 0.15) is 21.3 Å². The second-order valence-electron chi connectivity index (χ2n) is 3.98. The highest BCUT2D eigenvalue weighted by Crippen LogP contribution is 2.28. The van der Waals surface area contributed by atoms with E-state index >= 15 is 0 Å². The van der Waals surface area contributed by atoms with Crippen molar-refractivity contribution in [1.82, 2.24) is 5.32 Å². The number of carboxylic acid groups (broad SMARTS) is 1. The van der Waals surface area contributed by atoms with E-state index in [9.17, 15) is 18.4 Å². The molecule has 2 rings (SSSR count). The lowest BCUT2D eigenvalue weighted by molar-refractivity contribution is -0.139. The third kappa shape index (κ3) is 3.45. The Hall–Kier alpha value is -1.80. The quantitative estimate of drug-likeness (QED) is 0.860. The molecular formula is C13H8BrF2NO3S. The molecule has 2 aromatic rings. The van der Waals surface area contributed by atoms with Gasteiger partial charge in [0.15, 0.2) is 6.04 Å². The fraction of sp³-hybridized carbons (Fsp3) is 0.0769. The predicted octanol–water partition coefficient (Wildman–Crippen LogP) is 3.34. The molecule has 0 aliphatic rings. The van der Waals surface area contributed by atoms with Crippen LogP contribution in [-0.4, -0.2) is 17.0 Å². The normalized spacial score (nSPS) is 12.0. The van der Waals surface area contributed by atoms with Gasteiger partial charge in [-0.3, -0.25) is 4.79 Å². The van der Waals surface area contributed by atoms with Crippen molar-refractivity contribution in [3.63, 3.8) is 0 Å². The van der Waals surface area contributed by atoms with Gasteiger partial charge in [-0.2, -0.15) is 0 Å². The van der Waals surface area contributed by atoms with Crippen LogP contribution in [0.15, 0.2) is 34.1 Å². The summed E-state index contributed by atoms with van der Waals surface area (Å²) >= 11 is 4.28. The maximum atomic E-state index is 13.5. The zero-order chi connectivity index (χ0) is 15.6. The predicted molar refractivity (Wildman–Crippen MR) is 76.2 cm³/mol. The Morgan fingerprint density at radius 2 is 1.81 bits per heavy atom. The Labute approximate surface area is 130 Å². The zero-order valence-corrected chi connectivity index (χ0v) is 12.7. The molecular weight excluding hydrogens is 368 g/mol. The molecule has 1 amide bonds. The van der Waals surface area contributed by atoms with Crippen molar-refractivity contribution >= 4 is 39.1 Å². The number of carbonyl (C=O) groups is 2. The average Bonchev–Trinajstić information content (AvgIpc) is 2.81. The Kier molecular flexibility index (Phi) is 4.69. The molecule has 0 saturated carbocycles. The highest BCUT2D eigenvalue weighted by molar-refractivity contribution is 9.11. The summed E-state index contributed by atoms with van der Waals surface area (Å²) in [6.45, 7) is 0. The highest BCUT2D eigenvalue weighted by atomic mass is 79.9. The third-order valence-electron chi connectivity index (χ3n) is 2.59. The summed E-state index contributed by atoms with van der Waals surface area (Å²) in [4.78, 5) is 23.5. The van der Waals surface area contributed by atoms with Crippen LogP contribution in [0.3, 0.4) is 0 Å². The summed E-state index contributed by atoms with van der Waals surface area (Å²) in [5, 5.41) is 11.3. The Morgan fingerprint density at radius 3 is 2.29 bits per heavy atom. The zero-order valence-electron chi connectivity index (χ0n) is 10.3. The van der Waals surface area contributed by atoms with Crippen LogP contribution in [0.5, 0.6) is 0 Å². The van der Waals surface area contributed by atoms with Gasteiger partial charge in [0.05, 0.1) is 3.79 Å². The molecule has 0 bridgehead atoms. The lowest BCUT2D eigenvalue weighted by Gasteiger charge is -2.13. The molecule has 1 aromatic heterocycles. The molecule has 0 saturated heterocycles. The van der Waals surface area contributed by atoms with E-state index in [1.165, 1.54) is 6.07 Å². The number of halogens is 3. The first kappa shape index (κ1) is 15.6. The molecule has 21 heavy (non-hydrogen) atoms. The minimum atomic E-state index is -1.38. The van der Waals surface area contributed by atoms with Gasteiger partial charge in [-0.1, -0.05) is 6.07 Å². The fourth-order valence-electron chi connectivity index (χ4n) is 1.66. The second kappa shape index (κ2) is 6.31. The number of nitrogens with one attached hydrogen (secondary N) is 1. The number of carboxylic acids is 1. The summed E-state index contributed by atoms with van der Waals surface area (Å²) in [7, 11) is 0. The molecule has 1 unspecified atom stereocenters. The van der Waals surface area contributed by atoms with Crippen LogP contribution in [-0.2, 0) is 4.79 Å². The maximum Gasteiger partial charge on any atom is 0.331 e. The first-order valence-electron chi connectivity index (χ1n) is 5.63. The van der Waals surface area contributed by atoms with Crippen LogP contribution in [0.4, 0.5) is 8.78 Å². The molecule has 1 heterocycles. The molecule has 4 nitrogen and oxygen atoms in total. The molecule has 8 heteroatoms. The van der Waals surface area contributed by atoms with Gasteiger partial charge < -0.3 is 10.4 Å². The summed E-state index contributed by atoms with van der Waals surface area (Å²) in [5.74, 6) is -4.55. The molecule has 2 N–H and O–H groups in total. The molecule has 0 spiro atoms. The number of hydrogen-bond acceptors (Lipinski definition) is 3. The topological polar surface area (TPSA) is 66.4 Å². The summed E-state index contributed by atoms with van der Waals surface area (Å²) in [6.07, 6.45) is 0. The van der Waals surface area contributed by atoms with Crippen LogP contribution in [0, 0.1) is 11.6 Å². The van der Waals surface area contributed by atoms with Crippen molar-refractivity contribution in [3.8, 4) is 0 Å². The van der Waals surface area contributed by atoms with E-state index in [0.717, 1.165) is 29.5 Å². The van der Waals surface area contributed by atoms with E-state index in [1.54, 1.807) is 6.07 Å². The van der Waals surface area contributed by atoms with E-state index in [-0.39, 0.29) is 0 Å². The number of benzene rings is 1. The van der Waals surface area contributed by atoms with Crippen molar-refractivity contribution in [2.75, 3.05) is 0 Å². The Bertz CT molecular complexity index is 684. The smallest absolute Gasteiger partial charge is 0.331 e. The number of carbonyl (C=O) groups excluding carboxylic acids is 1. The fourth-order valence-corrected chi connectivity index (χ4v) is 3.12. The van der Waals surface area contributed by atoms with Gasteiger partial charge in [0.1, 0.15) is 17.2 Å². The molecule has 0 aliphatic carbocycles. The number of hydrogen-bond donors (Lipinski definition) is 2. The average molecular weight is 376 g/mol. The monoisotopic (exact) mass is 375 g/mol. The molecule has 0 aliphatic heterocycles. The molecule has 0 radical (unpaired) electrons. The van der Waals surface area contributed by atoms with Crippen LogP contribution >= 0.6 is 27.3 Å². The van der Waals surface area contributed by atoms with Gasteiger partial charge in [0, 0.05) is 4.88 Å². The third-order valence-corrected chi connectivity index (χ3v) is 4.28. The summed E-state index contributed by atoms with van der Waals surface area (Å²) < 4.78 is 27.7. The van der Waals surface area contributed by atoms with Gasteiger partial charge >= 0.3 is 5.97 Å². The minimum Gasteiger partial charge on any atom is -0.479 e. The first-order chi connectivity index (χ1) is 9.90. The van der Waals surface area contributed by atoms with Gasteiger partial charge in [-0.15, -0.1) is 11.3 Å². The second-order valence-corrected chi connectivity index (χ2v) is 6.48. The maximum absolute atomic E-state index is 13.5. The molecule has 1 aromatic carbocycles. The first-order valence-corrected chi connectivity index (χ1v) is 7.24. The van der Waals surface area contributed by atoms with Crippen LogP contribution in [0.2, 0.25) is 0 Å². The van der Waals surface area contributed by atoms with Crippen molar-refractivity contribution in [2.45, 2.75) is 6.04 Å². The largest absolute Gasteiger partial charge is 0.479 e. The van der Waals surface area contributed by atoms with E-state index in [4.69, 9.17) is 5.11 Å². The molecule has 1 atom stereocenters. The number of thiophene rings is 1. The van der Waals surface area contributed by atoms with Crippen molar-refractivity contribution in [2.24, 2.45) is 0 Å². The van der Waals surface area contributed by atoms with Gasteiger partial charge in [-0.25, -0.2) is 13.6 Å². The molecule has 0 fully saturated rings. The van der Waals surface area contributed by atoms with E-state index < -0.39 is 35.1 Å². The molecule has 110 valence electrons. The minimum absolute atomic E-state index is 0.333. The highest BCUT2D eigenvalue weighted by Gasteiger charge is 2.26. The number of rotatable bonds is 4. The van der Waals surface area contributed by atoms with Gasteiger partial charge in [0.2, 0.25) is 0 Å². The number of aliphatic carboxylic acids is 1. The summed E-state index contributed by atoms with van der Waals surface area (Å²) in [6, 6.07) is 4.71. The number of amides is 1.